The first-order chi connectivity index (χ1) is 9.88. The minimum atomic E-state index is -4.08. The second-order valence-electron chi connectivity index (χ2n) is 5.92. The van der Waals surface area contributed by atoms with Crippen LogP contribution in [-0.2, 0) is 9.53 Å². The minimum Gasteiger partial charge on any atom is -0.378 e. The number of halogens is 3. The monoisotopic (exact) mass is 308 g/mol. The maximum atomic E-state index is 12.6. The summed E-state index contributed by atoms with van der Waals surface area (Å²) in [5, 5.41) is 3.19. The third kappa shape index (κ3) is 4.57. The Morgan fingerprint density at radius 3 is 2.29 bits per heavy atom. The van der Waals surface area contributed by atoms with E-state index in [0.29, 0.717) is 39.1 Å². The van der Waals surface area contributed by atoms with Crippen molar-refractivity contribution in [1.82, 2.24) is 10.2 Å². The number of carbonyl (C=O) groups excluding carboxylic acids is 1. The van der Waals surface area contributed by atoms with Gasteiger partial charge in [0.15, 0.2) is 0 Å². The molecule has 2 rings (SSSR count). The van der Waals surface area contributed by atoms with Crippen LogP contribution < -0.4 is 5.32 Å². The van der Waals surface area contributed by atoms with Gasteiger partial charge in [-0.15, -0.1) is 0 Å². The molecule has 1 saturated heterocycles. The summed E-state index contributed by atoms with van der Waals surface area (Å²) >= 11 is 0. The number of hydrogen-bond acceptors (Lipinski definition) is 3. The van der Waals surface area contributed by atoms with Crippen molar-refractivity contribution >= 4 is 5.91 Å². The lowest BCUT2D eigenvalue weighted by molar-refractivity contribution is -0.183. The number of rotatable bonds is 3. The van der Waals surface area contributed by atoms with Gasteiger partial charge in [-0.25, -0.2) is 0 Å². The highest BCUT2D eigenvalue weighted by Crippen LogP contribution is 2.37. The molecule has 122 valence electrons. The summed E-state index contributed by atoms with van der Waals surface area (Å²) in [5.74, 6) is -1.17. The van der Waals surface area contributed by atoms with E-state index in [1.807, 2.05) is 0 Å². The number of morpholine rings is 1. The van der Waals surface area contributed by atoms with Gasteiger partial charge in [-0.1, -0.05) is 0 Å². The Bertz CT molecular complexity index is 349. The van der Waals surface area contributed by atoms with Crippen LogP contribution >= 0.6 is 0 Å². The van der Waals surface area contributed by atoms with Crippen LogP contribution in [0.5, 0.6) is 0 Å². The van der Waals surface area contributed by atoms with Crippen molar-refractivity contribution in [2.75, 3.05) is 26.3 Å². The number of nitrogens with one attached hydrogen (secondary N) is 1. The van der Waals surface area contributed by atoms with E-state index in [0.717, 1.165) is 0 Å². The van der Waals surface area contributed by atoms with Crippen molar-refractivity contribution in [3.05, 3.63) is 0 Å². The van der Waals surface area contributed by atoms with Gasteiger partial charge in [0.25, 0.3) is 0 Å². The number of carbonyl (C=O) groups is 1. The maximum Gasteiger partial charge on any atom is 0.391 e. The molecule has 2 fully saturated rings. The molecule has 1 saturated carbocycles. The molecule has 2 aliphatic rings. The number of nitrogens with zero attached hydrogens (tertiary/aromatic N) is 1. The van der Waals surface area contributed by atoms with Crippen LogP contribution in [0, 0.1) is 5.92 Å². The van der Waals surface area contributed by atoms with E-state index in [1.54, 1.807) is 11.8 Å². The number of ether oxygens (including phenoxy) is 1. The Morgan fingerprint density at radius 2 is 1.76 bits per heavy atom. The summed E-state index contributed by atoms with van der Waals surface area (Å²) in [7, 11) is 0. The Labute approximate surface area is 123 Å². The molecule has 1 N–H and O–H groups in total. The molecule has 0 spiro atoms. The summed E-state index contributed by atoms with van der Waals surface area (Å²) < 4.78 is 43.0. The molecular weight excluding hydrogens is 285 g/mol. The van der Waals surface area contributed by atoms with Gasteiger partial charge >= 0.3 is 6.18 Å². The molecule has 21 heavy (non-hydrogen) atoms. The molecule has 1 unspecified atom stereocenters. The number of hydrogen-bond donors (Lipinski definition) is 1. The van der Waals surface area contributed by atoms with E-state index in [1.165, 1.54) is 0 Å². The van der Waals surface area contributed by atoms with Gasteiger partial charge in [0.05, 0.1) is 25.2 Å². The molecule has 0 aromatic carbocycles. The largest absolute Gasteiger partial charge is 0.391 e. The van der Waals surface area contributed by atoms with E-state index in [-0.39, 0.29) is 30.8 Å². The molecular formula is C14H23F3N2O2. The van der Waals surface area contributed by atoms with Crippen molar-refractivity contribution in [2.45, 2.75) is 50.9 Å². The fourth-order valence-corrected chi connectivity index (χ4v) is 3.07. The first kappa shape index (κ1) is 16.5. The summed E-state index contributed by atoms with van der Waals surface area (Å²) in [6.07, 6.45) is -2.82. The van der Waals surface area contributed by atoms with Crippen molar-refractivity contribution in [3.8, 4) is 0 Å². The molecule has 4 nitrogen and oxygen atoms in total. The summed E-state index contributed by atoms with van der Waals surface area (Å²) in [4.78, 5) is 14.0. The van der Waals surface area contributed by atoms with E-state index in [2.05, 4.69) is 5.32 Å². The van der Waals surface area contributed by atoms with E-state index < -0.39 is 12.1 Å². The third-order valence-electron chi connectivity index (χ3n) is 4.37. The van der Waals surface area contributed by atoms with Crippen LogP contribution in [0.3, 0.4) is 0 Å². The van der Waals surface area contributed by atoms with Gasteiger partial charge in [-0.05, 0) is 32.6 Å². The zero-order valence-electron chi connectivity index (χ0n) is 12.3. The summed E-state index contributed by atoms with van der Waals surface area (Å²) in [6.45, 7) is 4.06. The molecule has 1 aliphatic carbocycles. The highest BCUT2D eigenvalue weighted by Gasteiger charge is 2.41. The standard InChI is InChI=1S/C14H23F3N2O2/c1-10(13(20)19-6-8-21-9-7-19)18-12-4-2-11(3-5-12)14(15,16)17/h10-12,18H,2-9H2,1H3. The smallest absolute Gasteiger partial charge is 0.378 e. The molecule has 1 heterocycles. The van der Waals surface area contributed by atoms with Gasteiger partial charge in [-0.3, -0.25) is 4.79 Å². The first-order valence-electron chi connectivity index (χ1n) is 7.57. The van der Waals surface area contributed by atoms with Crippen LogP contribution in [0.4, 0.5) is 13.2 Å². The normalized spacial score (nSPS) is 29.2. The fraction of sp³-hybridized carbons (Fsp3) is 0.929. The van der Waals surface area contributed by atoms with Crippen molar-refractivity contribution < 1.29 is 22.7 Å². The second kappa shape index (κ2) is 6.96. The summed E-state index contributed by atoms with van der Waals surface area (Å²) in [5.41, 5.74) is 0. The number of alkyl halides is 3. The van der Waals surface area contributed by atoms with Crippen LogP contribution in [-0.4, -0.2) is 55.4 Å². The Balaban J connectivity index is 1.76. The van der Waals surface area contributed by atoms with Crippen LogP contribution in [0.2, 0.25) is 0 Å². The molecule has 1 amide bonds. The van der Waals surface area contributed by atoms with E-state index in [4.69, 9.17) is 4.74 Å². The first-order valence-corrected chi connectivity index (χ1v) is 7.57. The predicted octanol–water partition coefficient (Wildman–Crippen LogP) is 1.94. The SMILES string of the molecule is CC(NC1CCC(C(F)(F)F)CC1)C(=O)N1CCOCC1. The zero-order chi connectivity index (χ0) is 15.5. The predicted molar refractivity (Wildman–Crippen MR) is 71.8 cm³/mol. The minimum absolute atomic E-state index is 0.00332. The molecule has 0 bridgehead atoms. The molecule has 0 radical (unpaired) electrons. The highest BCUT2D eigenvalue weighted by molar-refractivity contribution is 5.81. The topological polar surface area (TPSA) is 41.6 Å². The third-order valence-corrected chi connectivity index (χ3v) is 4.37. The van der Waals surface area contributed by atoms with Gasteiger partial charge in [-0.2, -0.15) is 13.2 Å². The highest BCUT2D eigenvalue weighted by atomic mass is 19.4. The van der Waals surface area contributed by atoms with Crippen molar-refractivity contribution in [3.63, 3.8) is 0 Å². The zero-order valence-corrected chi connectivity index (χ0v) is 12.3. The average molecular weight is 308 g/mol. The molecule has 1 atom stereocenters. The Morgan fingerprint density at radius 1 is 1.19 bits per heavy atom. The van der Waals surface area contributed by atoms with Gasteiger partial charge in [0, 0.05) is 19.1 Å². The lowest BCUT2D eigenvalue weighted by Gasteiger charge is -2.34. The van der Waals surface area contributed by atoms with E-state index in [9.17, 15) is 18.0 Å². The Hall–Kier alpha value is -0.820. The lowest BCUT2D eigenvalue weighted by Crippen LogP contribution is -2.52. The quantitative estimate of drug-likeness (QED) is 0.866. The van der Waals surface area contributed by atoms with Gasteiger partial charge in [0.1, 0.15) is 0 Å². The summed E-state index contributed by atoms with van der Waals surface area (Å²) in [6, 6.07) is -0.348. The molecule has 7 heteroatoms. The van der Waals surface area contributed by atoms with Crippen molar-refractivity contribution in [1.29, 1.82) is 0 Å². The average Bonchev–Trinajstić information content (AvgIpc) is 2.47. The number of amides is 1. The Kier molecular flexibility index (Phi) is 5.48. The van der Waals surface area contributed by atoms with Gasteiger partial charge < -0.3 is 15.0 Å². The molecule has 0 aromatic heterocycles. The second-order valence-corrected chi connectivity index (χ2v) is 5.92. The van der Waals surface area contributed by atoms with Crippen LogP contribution in [0.1, 0.15) is 32.6 Å². The van der Waals surface area contributed by atoms with Crippen molar-refractivity contribution in [2.24, 2.45) is 5.92 Å². The molecule has 0 aromatic rings. The van der Waals surface area contributed by atoms with Crippen LogP contribution in [0.15, 0.2) is 0 Å². The maximum absolute atomic E-state index is 12.6. The van der Waals surface area contributed by atoms with Crippen LogP contribution in [0.25, 0.3) is 0 Å². The molecule has 1 aliphatic heterocycles. The van der Waals surface area contributed by atoms with E-state index >= 15 is 0 Å². The fourth-order valence-electron chi connectivity index (χ4n) is 3.07. The van der Waals surface area contributed by atoms with Gasteiger partial charge in [0.2, 0.25) is 5.91 Å². The lowest BCUT2D eigenvalue weighted by atomic mass is 9.85.